The molecule has 0 aliphatic carbocycles. The number of aliphatic carboxylic acids is 1. The van der Waals surface area contributed by atoms with Crippen molar-refractivity contribution in [3.63, 3.8) is 0 Å². The molecule has 6 rings (SSSR count). The fraction of sp³-hybridized carbons (Fsp3) is 0.415. The molecular weight excluding hydrogens is 808 g/mol. The molecule has 11 nitrogen and oxygen atoms in total. The number of hydrogen-bond donors (Lipinski definition) is 4. The molecule has 3 aromatic carbocycles. The number of carbonyl (C=O) groups excluding carboxylic acids is 2. The Balaban J connectivity index is 0.000000576. The van der Waals surface area contributed by atoms with Crippen LogP contribution in [0.2, 0.25) is 5.02 Å². The van der Waals surface area contributed by atoms with Crippen LogP contribution in [0.4, 0.5) is 32.0 Å². The minimum absolute atomic E-state index is 0.0710. The second-order valence-electron chi connectivity index (χ2n) is 14.3. The highest BCUT2D eigenvalue weighted by Crippen LogP contribution is 2.35. The zero-order valence-electron chi connectivity index (χ0n) is 32.6. The molecule has 1 saturated heterocycles. The third-order valence-corrected chi connectivity index (χ3v) is 10.1. The second kappa shape index (κ2) is 22.9. The van der Waals surface area contributed by atoms with Gasteiger partial charge in [-0.1, -0.05) is 54.9 Å². The molecule has 3 atom stereocenters. The first kappa shape index (κ1) is 48.2. The lowest BCUT2D eigenvalue weighted by Gasteiger charge is -2.39. The highest BCUT2D eigenvalue weighted by atomic mass is 35.5. The van der Waals surface area contributed by atoms with Crippen LogP contribution in [0.25, 0.3) is 10.9 Å². The second-order valence-corrected chi connectivity index (χ2v) is 14.7. The molecule has 2 amide bonds. The molecule has 0 radical (unpaired) electrons. The Morgan fingerprint density at radius 1 is 0.983 bits per heavy atom. The molecule has 2 unspecified atom stereocenters. The lowest BCUT2D eigenvalue weighted by atomic mass is 9.88. The van der Waals surface area contributed by atoms with Gasteiger partial charge in [-0.3, -0.25) is 14.4 Å². The summed E-state index contributed by atoms with van der Waals surface area (Å²) < 4.78 is 60.7. The van der Waals surface area contributed by atoms with Crippen LogP contribution in [-0.2, 0) is 20.8 Å². The molecule has 59 heavy (non-hydrogen) atoms. The quantitative estimate of drug-likeness (QED) is 0.0990. The van der Waals surface area contributed by atoms with Crippen LogP contribution in [0.5, 0.6) is 0 Å². The topological polar surface area (TPSA) is 146 Å². The number of rotatable bonds is 9. The Kier molecular flexibility index (Phi) is 18.7. The van der Waals surface area contributed by atoms with Crippen LogP contribution in [-0.4, -0.2) is 115 Å². The van der Waals surface area contributed by atoms with E-state index in [1.54, 1.807) is 0 Å². The van der Waals surface area contributed by atoms with Crippen molar-refractivity contribution in [1.82, 2.24) is 20.1 Å². The SMILES string of the molecule is CC(c1c[nH]c2ccccc12)C(NCC1CCN(C(=O)c2ccccc2)CC1)C(=O)N1C[C@@H](CN(C)C)Cc2cc(Cl)ccc21.FC(F)F.O=C(O)C(F)(F)F.O=CO. The minimum Gasteiger partial charge on any atom is -0.483 e. The first-order valence-corrected chi connectivity index (χ1v) is 18.9. The number of fused-ring (bicyclic) bond motifs is 2. The molecule has 1 fully saturated rings. The van der Waals surface area contributed by atoms with E-state index in [1.165, 1.54) is 0 Å². The molecule has 0 saturated carbocycles. The maximum absolute atomic E-state index is 14.8. The number of nitrogens with zero attached hydrogens (tertiary/aromatic N) is 3. The summed E-state index contributed by atoms with van der Waals surface area (Å²) >= 11 is 6.44. The number of halogens is 7. The number of benzene rings is 3. The summed E-state index contributed by atoms with van der Waals surface area (Å²) in [5, 5.41) is 19.6. The number of carbonyl (C=O) groups is 4. The monoisotopic (exact) mass is 855 g/mol. The van der Waals surface area contributed by atoms with E-state index >= 15 is 0 Å². The van der Waals surface area contributed by atoms with E-state index in [9.17, 15) is 35.9 Å². The smallest absolute Gasteiger partial charge is 0.483 e. The summed E-state index contributed by atoms with van der Waals surface area (Å²) in [6.45, 7) is 1.98. The Bertz CT molecular complexity index is 1960. The third kappa shape index (κ3) is 14.6. The number of para-hydroxylation sites is 1. The normalized spacial score (nSPS) is 16.4. The third-order valence-electron chi connectivity index (χ3n) is 9.84. The first-order valence-electron chi connectivity index (χ1n) is 18.6. The highest BCUT2D eigenvalue weighted by Gasteiger charge is 2.39. The van der Waals surface area contributed by atoms with Crippen molar-refractivity contribution < 1.29 is 55.7 Å². The molecule has 2 aliphatic heterocycles. The predicted octanol–water partition coefficient (Wildman–Crippen LogP) is 7.72. The number of nitrogens with one attached hydrogen (secondary N) is 2. The minimum atomic E-state index is -5.08. The molecule has 4 N–H and O–H groups in total. The number of carboxylic acid groups (broad SMARTS) is 2. The summed E-state index contributed by atoms with van der Waals surface area (Å²) in [7, 11) is 4.17. The fourth-order valence-corrected chi connectivity index (χ4v) is 7.45. The molecule has 3 heterocycles. The van der Waals surface area contributed by atoms with Gasteiger partial charge in [0.05, 0.1) is 6.04 Å². The van der Waals surface area contributed by atoms with E-state index in [1.807, 2.05) is 64.4 Å². The van der Waals surface area contributed by atoms with E-state index in [2.05, 4.69) is 60.6 Å². The first-order chi connectivity index (χ1) is 27.9. The number of aromatic amines is 1. The van der Waals surface area contributed by atoms with Gasteiger partial charge >= 0.3 is 18.8 Å². The summed E-state index contributed by atoms with van der Waals surface area (Å²) in [5.74, 6) is -1.95. The fourth-order valence-electron chi connectivity index (χ4n) is 7.25. The maximum atomic E-state index is 14.8. The van der Waals surface area contributed by atoms with Crippen molar-refractivity contribution in [3.05, 3.63) is 101 Å². The molecule has 0 bridgehead atoms. The van der Waals surface area contributed by atoms with Gasteiger partial charge in [-0.15, -0.1) is 0 Å². The van der Waals surface area contributed by atoms with Crippen LogP contribution in [0.1, 0.15) is 47.2 Å². The van der Waals surface area contributed by atoms with Gasteiger partial charge in [0.15, 0.2) is 0 Å². The lowest BCUT2D eigenvalue weighted by Crippen LogP contribution is -2.54. The number of likely N-dealkylation sites (tertiary alicyclic amines) is 1. The highest BCUT2D eigenvalue weighted by molar-refractivity contribution is 6.30. The van der Waals surface area contributed by atoms with Crippen molar-refractivity contribution in [3.8, 4) is 0 Å². The number of aromatic nitrogens is 1. The van der Waals surface area contributed by atoms with E-state index in [-0.39, 0.29) is 24.2 Å². The Morgan fingerprint density at radius 2 is 1.56 bits per heavy atom. The van der Waals surface area contributed by atoms with Crippen molar-refractivity contribution >= 4 is 52.4 Å². The van der Waals surface area contributed by atoms with Crippen LogP contribution in [0.3, 0.4) is 0 Å². The number of hydrogen-bond acceptors (Lipinski definition) is 6. The number of carboxylic acids is 1. The van der Waals surface area contributed by atoms with E-state index in [0.717, 1.165) is 78.7 Å². The average molecular weight is 856 g/mol. The van der Waals surface area contributed by atoms with Gasteiger partial charge in [-0.25, -0.2) is 4.79 Å². The molecule has 4 aromatic rings. The standard InChI is InChI=1S/C37H44ClN5O2.C2HF3O2.CHF3.CH2O2/c1-25(32-22-39-33-12-8-7-11-31(32)33)35(40-21-26-15-17-42(18-16-26)36(44)28-9-5-4-6-10-28)37(45)43-24-27(23-41(2)3)19-29-20-30(38)13-14-34(29)43;3-2(4,5)1(6)7;2-1(3)4;2-1-3/h4-14,20,22,25-27,35,39-40H,15-19,21,23-24H2,1-3H3;(H,6,7);1H;1H,(H,2,3)/t25?,27-,35?;;;/m1.../s1. The largest absolute Gasteiger partial charge is 0.490 e. The maximum Gasteiger partial charge on any atom is 0.490 e. The van der Waals surface area contributed by atoms with Crippen molar-refractivity contribution in [2.24, 2.45) is 11.8 Å². The van der Waals surface area contributed by atoms with Crippen LogP contribution in [0.15, 0.2) is 79.0 Å². The Hall–Kier alpha value is -5.13. The number of anilines is 1. The van der Waals surface area contributed by atoms with E-state index in [0.29, 0.717) is 23.4 Å². The molecule has 0 spiro atoms. The van der Waals surface area contributed by atoms with Gasteiger partial charge < -0.3 is 35.2 Å². The van der Waals surface area contributed by atoms with E-state index < -0.39 is 24.9 Å². The van der Waals surface area contributed by atoms with Gasteiger partial charge in [-0.2, -0.15) is 26.3 Å². The molecule has 2 aliphatic rings. The van der Waals surface area contributed by atoms with Gasteiger partial charge in [-0.05, 0) is 99.3 Å². The van der Waals surface area contributed by atoms with Gasteiger partial charge in [0.1, 0.15) is 0 Å². The lowest BCUT2D eigenvalue weighted by molar-refractivity contribution is -0.192. The summed E-state index contributed by atoms with van der Waals surface area (Å²) in [6, 6.07) is 23.3. The van der Waals surface area contributed by atoms with Crippen molar-refractivity contribution in [2.75, 3.05) is 51.7 Å². The Labute approximate surface area is 342 Å². The summed E-state index contributed by atoms with van der Waals surface area (Å²) in [4.78, 5) is 54.6. The zero-order valence-corrected chi connectivity index (χ0v) is 33.4. The molecule has 322 valence electrons. The molecular formula is C41H48ClF6N5O6. The van der Waals surface area contributed by atoms with Gasteiger partial charge in [0, 0.05) is 65.5 Å². The number of piperidine rings is 1. The molecule has 1 aromatic heterocycles. The molecule has 18 heteroatoms. The van der Waals surface area contributed by atoms with Crippen molar-refractivity contribution in [1.29, 1.82) is 0 Å². The van der Waals surface area contributed by atoms with Crippen LogP contribution in [0, 0.1) is 11.8 Å². The van der Waals surface area contributed by atoms with Crippen molar-refractivity contribution in [2.45, 2.75) is 51.0 Å². The van der Waals surface area contributed by atoms with Gasteiger partial charge in [0.2, 0.25) is 5.91 Å². The summed E-state index contributed by atoms with van der Waals surface area (Å²) in [6.07, 6.45) is -0.314. The number of H-pyrrole nitrogens is 1. The summed E-state index contributed by atoms with van der Waals surface area (Å²) in [5.41, 5.74) is 5.04. The number of alkyl halides is 6. The Morgan fingerprint density at radius 3 is 2.14 bits per heavy atom. The van der Waals surface area contributed by atoms with Crippen LogP contribution < -0.4 is 10.2 Å². The average Bonchev–Trinajstić information content (AvgIpc) is 3.62. The van der Waals surface area contributed by atoms with Crippen LogP contribution >= 0.6 is 11.6 Å². The van der Waals surface area contributed by atoms with E-state index in [4.69, 9.17) is 31.4 Å². The zero-order chi connectivity index (χ0) is 43.9. The predicted molar refractivity (Wildman–Crippen MR) is 213 cm³/mol. The van der Waals surface area contributed by atoms with Gasteiger partial charge in [0.25, 0.3) is 12.4 Å². The number of amides is 2.